The van der Waals surface area contributed by atoms with Crippen molar-refractivity contribution in [3.05, 3.63) is 12.2 Å². The molecule has 76 valence electrons. The molecule has 2 aliphatic heterocycles. The maximum absolute atomic E-state index is 11.5. The molecule has 0 radical (unpaired) electrons. The minimum absolute atomic E-state index is 0.167. The van der Waals surface area contributed by atoms with Crippen molar-refractivity contribution in [2.45, 2.75) is 25.3 Å². The summed E-state index contributed by atoms with van der Waals surface area (Å²) < 4.78 is 0. The third-order valence-corrected chi connectivity index (χ3v) is 3.03. The fourth-order valence-electron chi connectivity index (χ4n) is 2.12. The first kappa shape index (κ1) is 9.40. The molecule has 0 atom stereocenters. The zero-order chi connectivity index (χ0) is 10.2. The van der Waals surface area contributed by atoms with Gasteiger partial charge in [0.15, 0.2) is 0 Å². The second kappa shape index (κ2) is 3.20. The topological polar surface area (TPSA) is 49.4 Å². The predicted octanol–water partition coefficient (Wildman–Crippen LogP) is 0.0535. The van der Waals surface area contributed by atoms with Crippen LogP contribution >= 0.6 is 0 Å². The number of nitrogens with zero attached hydrogens (tertiary/aromatic N) is 1. The molecule has 0 saturated carbocycles. The molecule has 2 amide bonds. The highest BCUT2D eigenvalue weighted by Crippen LogP contribution is 2.28. The Morgan fingerprint density at radius 1 is 1.21 bits per heavy atom. The Morgan fingerprint density at radius 3 is 2.21 bits per heavy atom. The lowest BCUT2D eigenvalue weighted by Crippen LogP contribution is -2.54. The van der Waals surface area contributed by atoms with Crippen molar-refractivity contribution in [2.24, 2.45) is 0 Å². The van der Waals surface area contributed by atoms with Crippen LogP contribution in [0.25, 0.3) is 0 Å². The van der Waals surface area contributed by atoms with Gasteiger partial charge in [-0.25, -0.2) is 0 Å². The highest BCUT2D eigenvalue weighted by atomic mass is 16.2. The number of imide groups is 1. The van der Waals surface area contributed by atoms with Gasteiger partial charge in [-0.15, -0.1) is 0 Å². The predicted molar refractivity (Wildman–Crippen MR) is 51.5 cm³/mol. The third kappa shape index (κ3) is 1.35. The lowest BCUT2D eigenvalue weighted by Gasteiger charge is -2.40. The van der Waals surface area contributed by atoms with E-state index >= 15 is 0 Å². The summed E-state index contributed by atoms with van der Waals surface area (Å²) in [5, 5.41) is 3.22. The Morgan fingerprint density at radius 2 is 1.71 bits per heavy atom. The first-order chi connectivity index (χ1) is 6.63. The summed E-state index contributed by atoms with van der Waals surface area (Å²) in [4.78, 5) is 24.4. The Kier molecular flexibility index (Phi) is 2.15. The van der Waals surface area contributed by atoms with Crippen LogP contribution in [0.15, 0.2) is 12.2 Å². The molecule has 1 fully saturated rings. The number of nitrogens with one attached hydrogen (secondary N) is 1. The number of piperidine rings is 1. The molecule has 1 saturated heterocycles. The van der Waals surface area contributed by atoms with E-state index in [0.717, 1.165) is 25.9 Å². The second-order valence-corrected chi connectivity index (χ2v) is 4.09. The van der Waals surface area contributed by atoms with E-state index in [9.17, 15) is 9.59 Å². The van der Waals surface area contributed by atoms with E-state index in [1.54, 1.807) is 0 Å². The summed E-state index contributed by atoms with van der Waals surface area (Å²) >= 11 is 0. The van der Waals surface area contributed by atoms with Gasteiger partial charge in [-0.2, -0.15) is 0 Å². The van der Waals surface area contributed by atoms with E-state index in [4.69, 9.17) is 0 Å². The molecule has 0 aromatic carbocycles. The van der Waals surface area contributed by atoms with E-state index in [-0.39, 0.29) is 17.4 Å². The number of hydrogen-bond acceptors (Lipinski definition) is 3. The van der Waals surface area contributed by atoms with E-state index in [2.05, 4.69) is 5.32 Å². The maximum Gasteiger partial charge on any atom is 0.254 e. The zero-order valence-electron chi connectivity index (χ0n) is 8.25. The van der Waals surface area contributed by atoms with Gasteiger partial charge in [0.25, 0.3) is 11.8 Å². The Labute approximate surface area is 83.0 Å². The number of hydrogen-bond donors (Lipinski definition) is 1. The van der Waals surface area contributed by atoms with Crippen molar-refractivity contribution in [3.63, 3.8) is 0 Å². The molecule has 0 aliphatic carbocycles. The van der Waals surface area contributed by atoms with Crippen LogP contribution in [0.5, 0.6) is 0 Å². The number of rotatable bonds is 1. The van der Waals surface area contributed by atoms with Gasteiger partial charge >= 0.3 is 0 Å². The van der Waals surface area contributed by atoms with Crippen LogP contribution < -0.4 is 5.32 Å². The number of carbonyl (C=O) groups excluding carboxylic acids is 2. The molecule has 0 unspecified atom stereocenters. The summed E-state index contributed by atoms with van der Waals surface area (Å²) in [6.45, 7) is 3.72. The summed E-state index contributed by atoms with van der Waals surface area (Å²) in [6.07, 6.45) is 4.39. The zero-order valence-corrected chi connectivity index (χ0v) is 8.25. The normalized spacial score (nSPS) is 25.9. The minimum atomic E-state index is -0.289. The summed E-state index contributed by atoms with van der Waals surface area (Å²) in [5.74, 6) is -0.334. The quantitative estimate of drug-likeness (QED) is 0.600. The minimum Gasteiger partial charge on any atom is -0.317 e. The van der Waals surface area contributed by atoms with Crippen molar-refractivity contribution in [3.8, 4) is 0 Å². The van der Waals surface area contributed by atoms with Crippen molar-refractivity contribution in [2.75, 3.05) is 13.1 Å². The molecule has 0 spiro atoms. The SMILES string of the molecule is CC1(N2C(=O)C=CC2=O)CCNCC1. The molecule has 2 rings (SSSR count). The summed E-state index contributed by atoms with van der Waals surface area (Å²) in [6, 6.07) is 0. The molecular weight excluding hydrogens is 180 g/mol. The number of amides is 2. The second-order valence-electron chi connectivity index (χ2n) is 4.09. The first-order valence-electron chi connectivity index (χ1n) is 4.90. The molecule has 0 aromatic heterocycles. The van der Waals surface area contributed by atoms with Gasteiger partial charge in [0.05, 0.1) is 5.54 Å². The average Bonchev–Trinajstić information content (AvgIpc) is 2.48. The van der Waals surface area contributed by atoms with E-state index < -0.39 is 0 Å². The lowest BCUT2D eigenvalue weighted by molar-refractivity contribution is -0.144. The van der Waals surface area contributed by atoms with Gasteiger partial charge in [-0.3, -0.25) is 14.5 Å². The molecule has 1 N–H and O–H groups in total. The maximum atomic E-state index is 11.5. The first-order valence-corrected chi connectivity index (χ1v) is 4.90. The standard InChI is InChI=1S/C10H14N2O2/c1-10(4-6-11-7-5-10)12-8(13)2-3-9(12)14/h2-3,11H,4-7H2,1H3. The Hall–Kier alpha value is -1.16. The molecule has 4 nitrogen and oxygen atoms in total. The molecule has 4 heteroatoms. The van der Waals surface area contributed by atoms with E-state index in [0.29, 0.717) is 0 Å². The molecule has 2 aliphatic rings. The number of carbonyl (C=O) groups is 2. The van der Waals surface area contributed by atoms with Crippen LogP contribution in [0.3, 0.4) is 0 Å². The molecule has 14 heavy (non-hydrogen) atoms. The fraction of sp³-hybridized carbons (Fsp3) is 0.600. The van der Waals surface area contributed by atoms with Crippen molar-refractivity contribution in [1.82, 2.24) is 10.2 Å². The molecule has 0 aromatic rings. The van der Waals surface area contributed by atoms with E-state index in [1.807, 2.05) is 6.92 Å². The van der Waals surface area contributed by atoms with Gasteiger partial charge in [0.2, 0.25) is 0 Å². The monoisotopic (exact) mass is 194 g/mol. The lowest BCUT2D eigenvalue weighted by atomic mass is 9.89. The van der Waals surface area contributed by atoms with Gasteiger partial charge in [0, 0.05) is 12.2 Å². The fourth-order valence-corrected chi connectivity index (χ4v) is 2.12. The van der Waals surface area contributed by atoms with Gasteiger partial charge in [-0.05, 0) is 32.9 Å². The van der Waals surface area contributed by atoms with Gasteiger partial charge in [-0.1, -0.05) is 0 Å². The van der Waals surface area contributed by atoms with Crippen LogP contribution in [-0.2, 0) is 9.59 Å². The van der Waals surface area contributed by atoms with Crippen LogP contribution in [0, 0.1) is 0 Å². The summed E-state index contributed by atoms with van der Waals surface area (Å²) in [5.41, 5.74) is -0.289. The van der Waals surface area contributed by atoms with Crippen LogP contribution in [0.1, 0.15) is 19.8 Å². The smallest absolute Gasteiger partial charge is 0.254 e. The highest BCUT2D eigenvalue weighted by molar-refractivity contribution is 6.13. The van der Waals surface area contributed by atoms with Crippen LogP contribution in [-0.4, -0.2) is 35.3 Å². The average molecular weight is 194 g/mol. The Bertz CT molecular complexity index is 285. The molecular formula is C10H14N2O2. The third-order valence-electron chi connectivity index (χ3n) is 3.03. The van der Waals surface area contributed by atoms with Gasteiger partial charge in [0.1, 0.15) is 0 Å². The van der Waals surface area contributed by atoms with Crippen molar-refractivity contribution in [1.29, 1.82) is 0 Å². The molecule has 2 heterocycles. The molecule has 0 bridgehead atoms. The van der Waals surface area contributed by atoms with Crippen molar-refractivity contribution >= 4 is 11.8 Å². The highest BCUT2D eigenvalue weighted by Gasteiger charge is 2.41. The van der Waals surface area contributed by atoms with E-state index in [1.165, 1.54) is 17.1 Å². The van der Waals surface area contributed by atoms with Crippen LogP contribution in [0.2, 0.25) is 0 Å². The Balaban J connectivity index is 2.20. The summed E-state index contributed by atoms with van der Waals surface area (Å²) in [7, 11) is 0. The van der Waals surface area contributed by atoms with Gasteiger partial charge < -0.3 is 5.32 Å². The van der Waals surface area contributed by atoms with Crippen LogP contribution in [0.4, 0.5) is 0 Å². The largest absolute Gasteiger partial charge is 0.317 e. The van der Waals surface area contributed by atoms with Crippen molar-refractivity contribution < 1.29 is 9.59 Å².